The van der Waals surface area contributed by atoms with Crippen molar-refractivity contribution in [2.24, 2.45) is 0 Å². The van der Waals surface area contributed by atoms with Gasteiger partial charge in [-0.1, -0.05) is 18.0 Å². The Balaban J connectivity index is 1.58. The van der Waals surface area contributed by atoms with Crippen molar-refractivity contribution in [1.82, 2.24) is 9.97 Å². The average molecular weight is 535 g/mol. The molecule has 1 aliphatic rings. The summed E-state index contributed by atoms with van der Waals surface area (Å²) in [6, 6.07) is 10.6. The molecule has 0 aliphatic carbocycles. The van der Waals surface area contributed by atoms with Gasteiger partial charge < -0.3 is 29.3 Å². The van der Waals surface area contributed by atoms with Gasteiger partial charge in [0, 0.05) is 68.7 Å². The minimum atomic E-state index is -4.57. The molecule has 12 heteroatoms. The molecule has 0 bridgehead atoms. The second-order valence-corrected chi connectivity index (χ2v) is 9.15. The van der Waals surface area contributed by atoms with E-state index in [2.05, 4.69) is 25.5 Å². The van der Waals surface area contributed by atoms with Crippen LogP contribution in [0.5, 0.6) is 5.75 Å². The van der Waals surface area contributed by atoms with Crippen LogP contribution in [0.1, 0.15) is 11.1 Å². The van der Waals surface area contributed by atoms with Gasteiger partial charge in [-0.3, -0.25) is 0 Å². The lowest BCUT2D eigenvalue weighted by Crippen LogP contribution is -2.36. The van der Waals surface area contributed by atoms with Gasteiger partial charge in [-0.25, -0.2) is 9.97 Å². The number of aromatic nitrogens is 2. The second kappa shape index (κ2) is 11.8. The number of morpholine rings is 1. The van der Waals surface area contributed by atoms with Crippen LogP contribution in [0.2, 0.25) is 0 Å². The lowest BCUT2D eigenvalue weighted by Gasteiger charge is -2.29. The molecule has 8 nitrogen and oxygen atoms in total. The van der Waals surface area contributed by atoms with Crippen molar-refractivity contribution in [3.63, 3.8) is 0 Å². The summed E-state index contributed by atoms with van der Waals surface area (Å²) in [7, 11) is 3.40. The van der Waals surface area contributed by atoms with Gasteiger partial charge in [0.1, 0.15) is 17.4 Å². The topological polar surface area (TPSA) is 74.8 Å². The van der Waals surface area contributed by atoms with Crippen molar-refractivity contribution in [1.29, 1.82) is 0 Å². The monoisotopic (exact) mass is 534 g/mol. The van der Waals surface area contributed by atoms with E-state index in [1.807, 2.05) is 41.9 Å². The molecule has 37 heavy (non-hydrogen) atoms. The minimum Gasteiger partial charge on any atom is -0.494 e. The number of ether oxygens (including phenoxy) is 2. The second-order valence-electron chi connectivity index (χ2n) is 8.24. The molecule has 0 atom stereocenters. The molecule has 2 N–H and O–H groups in total. The van der Waals surface area contributed by atoms with E-state index in [-0.39, 0.29) is 18.1 Å². The summed E-state index contributed by atoms with van der Waals surface area (Å²) in [6.07, 6.45) is -0.189. The van der Waals surface area contributed by atoms with Crippen molar-refractivity contribution in [3.8, 4) is 5.75 Å². The third-order valence-electron chi connectivity index (χ3n) is 5.94. The number of halogens is 3. The zero-order valence-corrected chi connectivity index (χ0v) is 21.6. The number of nitrogens with zero attached hydrogens (tertiary/aromatic N) is 4. The fourth-order valence-electron chi connectivity index (χ4n) is 3.96. The third-order valence-corrected chi connectivity index (χ3v) is 6.66. The molecule has 1 aliphatic heterocycles. The van der Waals surface area contributed by atoms with Crippen LogP contribution in [0.4, 0.5) is 41.9 Å². The van der Waals surface area contributed by atoms with E-state index in [1.54, 1.807) is 19.4 Å². The van der Waals surface area contributed by atoms with E-state index in [0.717, 1.165) is 30.5 Å². The molecule has 2 aromatic heterocycles. The lowest BCUT2D eigenvalue weighted by atomic mass is 10.2. The molecule has 3 aromatic rings. The van der Waals surface area contributed by atoms with Gasteiger partial charge >= 0.3 is 6.18 Å². The van der Waals surface area contributed by atoms with E-state index in [9.17, 15) is 13.2 Å². The van der Waals surface area contributed by atoms with Gasteiger partial charge in [0.25, 0.3) is 0 Å². The van der Waals surface area contributed by atoms with Crippen LogP contribution in [-0.4, -0.2) is 56.7 Å². The molecular weight excluding hydrogens is 505 g/mol. The number of methoxy groups -OCH3 is 1. The molecule has 1 aromatic carbocycles. The van der Waals surface area contributed by atoms with Crippen molar-refractivity contribution in [2.45, 2.75) is 12.7 Å². The van der Waals surface area contributed by atoms with E-state index in [1.165, 1.54) is 18.0 Å². The van der Waals surface area contributed by atoms with E-state index >= 15 is 0 Å². The van der Waals surface area contributed by atoms with Crippen LogP contribution in [0.25, 0.3) is 0 Å². The van der Waals surface area contributed by atoms with E-state index in [0.29, 0.717) is 30.5 Å². The molecule has 1 saturated heterocycles. The Hall–Kier alpha value is -3.38. The van der Waals surface area contributed by atoms with Crippen LogP contribution in [0.15, 0.2) is 48.8 Å². The molecule has 0 radical (unpaired) electrons. The number of pyridine rings is 2. The van der Waals surface area contributed by atoms with Gasteiger partial charge in [-0.2, -0.15) is 13.2 Å². The number of nitrogens with one attached hydrogen (secondary N) is 2. The zero-order chi connectivity index (χ0) is 26.4. The summed E-state index contributed by atoms with van der Waals surface area (Å²) in [5.74, 6) is 1.48. The van der Waals surface area contributed by atoms with Crippen LogP contribution in [0.3, 0.4) is 0 Å². The van der Waals surface area contributed by atoms with Crippen molar-refractivity contribution in [3.05, 3.63) is 59.9 Å². The standard InChI is InChI=1S/C25H29F3N6O2S/c1-33(37-3)24-17(5-4-8-29-24)15-30-21-14-23(31-16-19(21)25(26,27)28)32-20-7-6-18(13-22(20)35-2)34-9-11-36-12-10-34/h4-8,13-14,16H,9-12,15H2,1-3H3,(H2,30,31,32). The predicted octanol–water partition coefficient (Wildman–Crippen LogP) is 5.41. The Morgan fingerprint density at radius 2 is 1.92 bits per heavy atom. The first-order valence-corrected chi connectivity index (χ1v) is 12.8. The first-order valence-electron chi connectivity index (χ1n) is 11.6. The Bertz CT molecular complexity index is 1210. The number of anilines is 5. The summed E-state index contributed by atoms with van der Waals surface area (Å²) in [5, 5.41) is 6.04. The zero-order valence-electron chi connectivity index (χ0n) is 20.8. The fourth-order valence-corrected chi connectivity index (χ4v) is 4.30. The molecule has 0 spiro atoms. The maximum Gasteiger partial charge on any atom is 0.419 e. The normalized spacial score (nSPS) is 13.8. The summed E-state index contributed by atoms with van der Waals surface area (Å²) >= 11 is 1.46. The Morgan fingerprint density at radius 3 is 2.62 bits per heavy atom. The largest absolute Gasteiger partial charge is 0.494 e. The van der Waals surface area contributed by atoms with Gasteiger partial charge in [0.2, 0.25) is 0 Å². The molecule has 3 heterocycles. The van der Waals surface area contributed by atoms with Crippen LogP contribution < -0.4 is 24.6 Å². The smallest absolute Gasteiger partial charge is 0.419 e. The van der Waals surface area contributed by atoms with Gasteiger partial charge in [0.05, 0.1) is 37.3 Å². The fraction of sp³-hybridized carbons (Fsp3) is 0.360. The first-order chi connectivity index (χ1) is 17.8. The summed E-state index contributed by atoms with van der Waals surface area (Å²) in [5.41, 5.74) is 1.40. The predicted molar refractivity (Wildman–Crippen MR) is 142 cm³/mol. The number of hydrogen-bond acceptors (Lipinski definition) is 9. The maximum atomic E-state index is 13.8. The Morgan fingerprint density at radius 1 is 1.14 bits per heavy atom. The highest BCUT2D eigenvalue weighted by Gasteiger charge is 2.34. The molecular formula is C25H29F3N6O2S. The Kier molecular flexibility index (Phi) is 8.49. The molecule has 0 saturated carbocycles. The quantitative estimate of drug-likeness (QED) is 0.351. The van der Waals surface area contributed by atoms with Crippen molar-refractivity contribution < 1.29 is 22.6 Å². The van der Waals surface area contributed by atoms with Gasteiger partial charge in [0.15, 0.2) is 0 Å². The van der Waals surface area contributed by atoms with E-state index in [4.69, 9.17) is 9.47 Å². The highest BCUT2D eigenvalue weighted by Crippen LogP contribution is 2.38. The minimum absolute atomic E-state index is 0.0875. The number of benzene rings is 1. The highest BCUT2D eigenvalue weighted by molar-refractivity contribution is 7.99. The average Bonchev–Trinajstić information content (AvgIpc) is 2.91. The molecule has 4 rings (SSSR count). The van der Waals surface area contributed by atoms with Crippen LogP contribution in [0, 0.1) is 0 Å². The van der Waals surface area contributed by atoms with Gasteiger partial charge in [-0.15, -0.1) is 0 Å². The molecule has 0 amide bonds. The van der Waals surface area contributed by atoms with Crippen LogP contribution >= 0.6 is 11.9 Å². The summed E-state index contributed by atoms with van der Waals surface area (Å²) in [6.45, 7) is 3.01. The highest BCUT2D eigenvalue weighted by atomic mass is 32.2. The van der Waals surface area contributed by atoms with E-state index < -0.39 is 11.7 Å². The maximum absolute atomic E-state index is 13.8. The molecule has 1 fully saturated rings. The summed E-state index contributed by atoms with van der Waals surface area (Å²) in [4.78, 5) is 10.6. The van der Waals surface area contributed by atoms with Crippen LogP contribution in [-0.2, 0) is 17.5 Å². The molecule has 198 valence electrons. The molecule has 0 unspecified atom stereocenters. The first kappa shape index (κ1) is 26.7. The summed E-state index contributed by atoms with van der Waals surface area (Å²) < 4.78 is 54.1. The SMILES string of the molecule is COc1cc(N2CCOCC2)ccc1Nc1cc(NCc2cccnc2N(C)SC)c(C(F)(F)F)cn1. The third kappa shape index (κ3) is 6.50. The number of alkyl halides is 3. The van der Waals surface area contributed by atoms with Crippen molar-refractivity contribution >= 4 is 40.6 Å². The van der Waals surface area contributed by atoms with Gasteiger partial charge in [-0.05, 0) is 18.2 Å². The Labute approximate surface area is 218 Å². The number of hydrogen-bond donors (Lipinski definition) is 2. The van der Waals surface area contributed by atoms with Crippen molar-refractivity contribution in [2.75, 3.05) is 66.6 Å². The number of rotatable bonds is 9. The lowest BCUT2D eigenvalue weighted by molar-refractivity contribution is -0.137.